The zero-order valence-electron chi connectivity index (χ0n) is 14.3. The van der Waals surface area contributed by atoms with Gasteiger partial charge in [-0.15, -0.1) is 0 Å². The maximum Gasteiger partial charge on any atom is 0.237 e. The second-order valence-electron chi connectivity index (χ2n) is 6.56. The van der Waals surface area contributed by atoms with Crippen LogP contribution >= 0.6 is 0 Å². The van der Waals surface area contributed by atoms with Gasteiger partial charge in [0, 0.05) is 24.5 Å². The van der Waals surface area contributed by atoms with Crippen molar-refractivity contribution >= 4 is 11.7 Å². The van der Waals surface area contributed by atoms with Crippen LogP contribution in [0.1, 0.15) is 22.8 Å². The van der Waals surface area contributed by atoms with Crippen molar-refractivity contribution in [3.63, 3.8) is 0 Å². The van der Waals surface area contributed by atoms with E-state index in [2.05, 4.69) is 4.98 Å². The standard InChI is InChI=1S/C19H21N3O3/c1-19(15-8-4-3-5-9-15)13-21(2)18(25)22(17(19)24)12-16(23)14-7-6-10-20-11-14/h3-11,18,25H,12-13H2,1-2H3. The molecule has 1 aromatic heterocycles. The first-order chi connectivity index (χ1) is 11.9. The lowest BCUT2D eigenvalue weighted by Gasteiger charge is -2.47. The van der Waals surface area contributed by atoms with E-state index in [1.54, 1.807) is 30.3 Å². The number of aliphatic hydroxyl groups excluding tert-OH is 1. The van der Waals surface area contributed by atoms with Gasteiger partial charge >= 0.3 is 0 Å². The second kappa shape index (κ2) is 6.74. The molecular weight excluding hydrogens is 318 g/mol. The summed E-state index contributed by atoms with van der Waals surface area (Å²) in [6.45, 7) is 2.02. The number of ketones is 1. The van der Waals surface area contributed by atoms with Crippen LogP contribution in [0.15, 0.2) is 54.9 Å². The summed E-state index contributed by atoms with van der Waals surface area (Å²) in [6.07, 6.45) is 1.91. The second-order valence-corrected chi connectivity index (χ2v) is 6.56. The lowest BCUT2D eigenvalue weighted by atomic mass is 9.79. The fraction of sp³-hybridized carbons (Fsp3) is 0.316. The van der Waals surface area contributed by atoms with Crippen molar-refractivity contribution in [3.05, 3.63) is 66.0 Å². The highest BCUT2D eigenvalue weighted by atomic mass is 16.3. The van der Waals surface area contributed by atoms with Crippen molar-refractivity contribution in [1.82, 2.24) is 14.8 Å². The molecule has 3 rings (SSSR count). The number of Topliss-reactive ketones (excluding diaryl/α,β-unsaturated/α-hetero) is 1. The molecule has 1 aromatic carbocycles. The van der Waals surface area contributed by atoms with Crippen LogP contribution < -0.4 is 0 Å². The van der Waals surface area contributed by atoms with Gasteiger partial charge in [-0.25, -0.2) is 0 Å². The first kappa shape index (κ1) is 17.3. The molecule has 0 radical (unpaired) electrons. The number of hydrogen-bond donors (Lipinski definition) is 1. The molecule has 0 bridgehead atoms. The minimum atomic E-state index is -1.13. The van der Waals surface area contributed by atoms with Crippen LogP contribution in [0, 0.1) is 0 Å². The minimum absolute atomic E-state index is 0.196. The van der Waals surface area contributed by atoms with E-state index in [0.29, 0.717) is 12.1 Å². The van der Waals surface area contributed by atoms with Crippen LogP contribution in [0.3, 0.4) is 0 Å². The molecule has 1 fully saturated rings. The number of rotatable bonds is 4. The number of aliphatic hydroxyl groups is 1. The Morgan fingerprint density at radius 2 is 2.00 bits per heavy atom. The number of carbonyl (C=O) groups is 2. The smallest absolute Gasteiger partial charge is 0.237 e. The van der Waals surface area contributed by atoms with Crippen LogP contribution in [-0.2, 0) is 10.2 Å². The number of amides is 1. The van der Waals surface area contributed by atoms with Crippen LogP contribution in [0.5, 0.6) is 0 Å². The van der Waals surface area contributed by atoms with E-state index < -0.39 is 11.8 Å². The summed E-state index contributed by atoms with van der Waals surface area (Å²) in [5.74, 6) is -0.521. The van der Waals surface area contributed by atoms with Crippen molar-refractivity contribution in [2.75, 3.05) is 20.1 Å². The molecule has 25 heavy (non-hydrogen) atoms. The van der Waals surface area contributed by atoms with Crippen LogP contribution in [0.4, 0.5) is 0 Å². The molecule has 0 aliphatic carbocycles. The summed E-state index contributed by atoms with van der Waals surface area (Å²) in [7, 11) is 1.74. The third kappa shape index (κ3) is 3.18. The van der Waals surface area contributed by atoms with Gasteiger partial charge in [-0.3, -0.25) is 24.4 Å². The van der Waals surface area contributed by atoms with Gasteiger partial charge in [-0.2, -0.15) is 0 Å². The molecule has 1 aliphatic heterocycles. The first-order valence-corrected chi connectivity index (χ1v) is 8.11. The zero-order chi connectivity index (χ0) is 18.0. The molecule has 1 saturated heterocycles. The topological polar surface area (TPSA) is 73.7 Å². The van der Waals surface area contributed by atoms with Crippen molar-refractivity contribution in [2.45, 2.75) is 18.7 Å². The van der Waals surface area contributed by atoms with Gasteiger partial charge in [0.25, 0.3) is 0 Å². The Bertz CT molecular complexity index is 766. The molecule has 0 saturated carbocycles. The molecule has 0 spiro atoms. The highest BCUT2D eigenvalue weighted by molar-refractivity contribution is 6.00. The SMILES string of the molecule is CN1CC(C)(c2ccccc2)C(=O)N(CC(=O)c2cccnc2)C1O. The lowest BCUT2D eigenvalue weighted by molar-refractivity contribution is -0.176. The maximum absolute atomic E-state index is 13.1. The van der Waals surface area contributed by atoms with Crippen molar-refractivity contribution in [1.29, 1.82) is 0 Å². The van der Waals surface area contributed by atoms with E-state index in [4.69, 9.17) is 0 Å². The maximum atomic E-state index is 13.1. The number of benzene rings is 1. The number of likely N-dealkylation sites (N-methyl/N-ethyl adjacent to an activating group) is 1. The Hall–Kier alpha value is -2.57. The fourth-order valence-corrected chi connectivity index (χ4v) is 3.26. The average molecular weight is 339 g/mol. The lowest BCUT2D eigenvalue weighted by Crippen LogP contribution is -2.65. The molecule has 2 unspecified atom stereocenters. The van der Waals surface area contributed by atoms with E-state index in [9.17, 15) is 14.7 Å². The largest absolute Gasteiger partial charge is 0.361 e. The fourth-order valence-electron chi connectivity index (χ4n) is 3.26. The van der Waals surface area contributed by atoms with Crippen LogP contribution in [-0.4, -0.2) is 58.1 Å². The highest BCUT2D eigenvalue weighted by Crippen LogP contribution is 2.32. The Morgan fingerprint density at radius 3 is 2.64 bits per heavy atom. The Balaban J connectivity index is 1.90. The van der Waals surface area contributed by atoms with Crippen molar-refractivity contribution in [2.24, 2.45) is 0 Å². The van der Waals surface area contributed by atoms with E-state index in [1.165, 1.54) is 11.1 Å². The third-order valence-electron chi connectivity index (χ3n) is 4.68. The predicted molar refractivity (Wildman–Crippen MR) is 92.7 cm³/mol. The van der Waals surface area contributed by atoms with Crippen molar-refractivity contribution in [3.8, 4) is 0 Å². The Labute approximate surface area is 146 Å². The van der Waals surface area contributed by atoms with Gasteiger partial charge in [0.2, 0.25) is 5.91 Å². The summed E-state index contributed by atoms with van der Waals surface area (Å²) >= 11 is 0. The zero-order valence-corrected chi connectivity index (χ0v) is 14.3. The summed E-state index contributed by atoms with van der Waals surface area (Å²) < 4.78 is 0. The molecule has 1 amide bonds. The molecule has 6 heteroatoms. The summed E-state index contributed by atoms with van der Waals surface area (Å²) in [5.41, 5.74) is 0.444. The average Bonchev–Trinajstić information content (AvgIpc) is 2.65. The van der Waals surface area contributed by atoms with E-state index >= 15 is 0 Å². The molecule has 1 aliphatic rings. The summed E-state index contributed by atoms with van der Waals surface area (Å²) in [5, 5.41) is 10.4. The number of aromatic nitrogens is 1. The number of nitrogens with zero attached hydrogens (tertiary/aromatic N) is 3. The number of hydrogen-bond acceptors (Lipinski definition) is 5. The summed E-state index contributed by atoms with van der Waals surface area (Å²) in [6, 6.07) is 12.8. The molecule has 130 valence electrons. The Kier molecular flexibility index (Phi) is 4.65. The molecule has 2 heterocycles. The minimum Gasteiger partial charge on any atom is -0.361 e. The van der Waals surface area contributed by atoms with E-state index in [-0.39, 0.29) is 18.2 Å². The van der Waals surface area contributed by atoms with E-state index in [0.717, 1.165) is 5.56 Å². The van der Waals surface area contributed by atoms with Gasteiger partial charge in [0.05, 0.1) is 12.0 Å². The van der Waals surface area contributed by atoms with Gasteiger partial charge < -0.3 is 5.11 Å². The molecule has 2 atom stereocenters. The number of pyridine rings is 1. The van der Waals surface area contributed by atoms with Gasteiger partial charge in [-0.1, -0.05) is 30.3 Å². The van der Waals surface area contributed by atoms with E-state index in [1.807, 2.05) is 37.3 Å². The van der Waals surface area contributed by atoms with Gasteiger partial charge in [-0.05, 0) is 31.7 Å². The van der Waals surface area contributed by atoms with Gasteiger partial charge in [0.1, 0.15) is 0 Å². The van der Waals surface area contributed by atoms with Crippen LogP contribution in [0.2, 0.25) is 0 Å². The van der Waals surface area contributed by atoms with Crippen LogP contribution in [0.25, 0.3) is 0 Å². The third-order valence-corrected chi connectivity index (χ3v) is 4.68. The monoisotopic (exact) mass is 339 g/mol. The highest BCUT2D eigenvalue weighted by Gasteiger charge is 2.47. The molecule has 2 aromatic rings. The Morgan fingerprint density at radius 1 is 1.28 bits per heavy atom. The van der Waals surface area contributed by atoms with Crippen molar-refractivity contribution < 1.29 is 14.7 Å². The van der Waals surface area contributed by atoms with Gasteiger partial charge in [0.15, 0.2) is 12.1 Å². The predicted octanol–water partition coefficient (Wildman–Crippen LogP) is 1.27. The molecule has 6 nitrogen and oxygen atoms in total. The normalized spacial score (nSPS) is 24.4. The summed E-state index contributed by atoms with van der Waals surface area (Å²) in [4.78, 5) is 32.5. The quantitative estimate of drug-likeness (QED) is 0.849. The first-order valence-electron chi connectivity index (χ1n) is 8.11. The number of carbonyl (C=O) groups excluding carboxylic acids is 2. The molecular formula is C19H21N3O3. The molecule has 1 N–H and O–H groups in total.